The summed E-state index contributed by atoms with van der Waals surface area (Å²) in [5, 5.41) is 9.49. The van der Waals surface area contributed by atoms with E-state index < -0.39 is 5.97 Å². The smallest absolute Gasteiger partial charge is 0.354 e. The Morgan fingerprint density at radius 3 is 2.81 bits per heavy atom. The van der Waals surface area contributed by atoms with Crippen LogP contribution in [0.15, 0.2) is 23.2 Å². The van der Waals surface area contributed by atoms with Gasteiger partial charge in [0.25, 0.3) is 0 Å². The lowest BCUT2D eigenvalue weighted by atomic mass is 10.0. The number of hydrogen-bond acceptors (Lipinski definition) is 3. The lowest BCUT2D eigenvalue weighted by Gasteiger charge is -2.20. The van der Waals surface area contributed by atoms with Crippen LogP contribution in [0.25, 0.3) is 0 Å². The molecule has 1 N–H and O–H groups in total. The van der Waals surface area contributed by atoms with E-state index in [0.29, 0.717) is 5.25 Å². The van der Waals surface area contributed by atoms with Gasteiger partial charge in [0.15, 0.2) is 0 Å². The third-order valence-corrected chi connectivity index (χ3v) is 4.14. The van der Waals surface area contributed by atoms with Crippen molar-refractivity contribution in [3.05, 3.63) is 24.0 Å². The van der Waals surface area contributed by atoms with E-state index in [4.69, 9.17) is 5.11 Å². The number of aromatic carboxylic acids is 1. The molecule has 0 atom stereocenters. The topological polar surface area (TPSA) is 50.2 Å². The van der Waals surface area contributed by atoms with Crippen molar-refractivity contribution in [1.29, 1.82) is 0 Å². The van der Waals surface area contributed by atoms with Gasteiger partial charge in [-0.05, 0) is 25.0 Å². The predicted octanol–water partition coefficient (Wildman–Crippen LogP) is 3.20. The summed E-state index contributed by atoms with van der Waals surface area (Å²) in [4.78, 5) is 15.6. The second kappa shape index (κ2) is 5.34. The van der Waals surface area contributed by atoms with E-state index in [1.807, 2.05) is 6.07 Å². The first-order valence-electron chi connectivity index (χ1n) is 5.62. The van der Waals surface area contributed by atoms with Crippen LogP contribution in [-0.2, 0) is 0 Å². The van der Waals surface area contributed by atoms with E-state index >= 15 is 0 Å². The fourth-order valence-corrected chi connectivity index (χ4v) is 3.25. The number of aromatic nitrogens is 1. The van der Waals surface area contributed by atoms with Gasteiger partial charge in [-0.2, -0.15) is 0 Å². The standard InChI is InChI=1S/C12H15NO2S/c14-12(15)11-8-10(6-7-13-11)16-9-4-2-1-3-5-9/h6-9H,1-5H2,(H,14,15). The SMILES string of the molecule is O=C(O)c1cc(SC2CCCCC2)ccn1. The molecule has 0 aromatic carbocycles. The van der Waals surface area contributed by atoms with Crippen molar-refractivity contribution in [1.82, 2.24) is 4.98 Å². The second-order valence-electron chi connectivity index (χ2n) is 4.06. The maximum Gasteiger partial charge on any atom is 0.354 e. The zero-order valence-electron chi connectivity index (χ0n) is 9.06. The van der Waals surface area contributed by atoms with Crippen LogP contribution in [0.4, 0.5) is 0 Å². The molecule has 1 aliphatic carbocycles. The van der Waals surface area contributed by atoms with Crippen LogP contribution in [0.1, 0.15) is 42.6 Å². The Labute approximate surface area is 99.3 Å². The molecular formula is C12H15NO2S. The van der Waals surface area contributed by atoms with Crippen LogP contribution in [0.2, 0.25) is 0 Å². The van der Waals surface area contributed by atoms with Crippen LogP contribution in [-0.4, -0.2) is 21.3 Å². The third-order valence-electron chi connectivity index (χ3n) is 2.81. The fourth-order valence-electron chi connectivity index (χ4n) is 1.98. The van der Waals surface area contributed by atoms with Crippen molar-refractivity contribution in [2.75, 3.05) is 0 Å². The quantitative estimate of drug-likeness (QED) is 0.877. The average molecular weight is 237 g/mol. The number of carbonyl (C=O) groups is 1. The molecule has 1 heterocycles. The summed E-state index contributed by atoms with van der Waals surface area (Å²) in [6.07, 6.45) is 8.01. The van der Waals surface area contributed by atoms with Crippen molar-refractivity contribution in [3.8, 4) is 0 Å². The number of nitrogens with zero attached hydrogens (tertiary/aromatic N) is 1. The highest BCUT2D eigenvalue weighted by atomic mass is 32.2. The number of thioether (sulfide) groups is 1. The van der Waals surface area contributed by atoms with E-state index in [1.54, 1.807) is 24.0 Å². The normalized spacial score (nSPS) is 17.2. The molecule has 16 heavy (non-hydrogen) atoms. The summed E-state index contributed by atoms with van der Waals surface area (Å²) in [5.41, 5.74) is 0.140. The molecule has 1 aliphatic rings. The zero-order valence-corrected chi connectivity index (χ0v) is 9.87. The highest BCUT2D eigenvalue weighted by molar-refractivity contribution is 8.00. The first-order chi connectivity index (χ1) is 7.75. The van der Waals surface area contributed by atoms with E-state index in [1.165, 1.54) is 32.1 Å². The van der Waals surface area contributed by atoms with Crippen LogP contribution >= 0.6 is 11.8 Å². The van der Waals surface area contributed by atoms with Crippen LogP contribution in [0.3, 0.4) is 0 Å². The molecule has 0 saturated heterocycles. The number of hydrogen-bond donors (Lipinski definition) is 1. The van der Waals surface area contributed by atoms with Gasteiger partial charge in [0.05, 0.1) is 0 Å². The fraction of sp³-hybridized carbons (Fsp3) is 0.500. The summed E-state index contributed by atoms with van der Waals surface area (Å²) in [6.45, 7) is 0. The first kappa shape index (κ1) is 11.5. The van der Waals surface area contributed by atoms with Gasteiger partial charge in [0, 0.05) is 16.3 Å². The number of pyridine rings is 1. The Hall–Kier alpha value is -1.03. The van der Waals surface area contributed by atoms with Crippen LogP contribution < -0.4 is 0 Å². The molecule has 1 aromatic rings. The van der Waals surface area contributed by atoms with Gasteiger partial charge in [-0.15, -0.1) is 11.8 Å². The Bertz CT molecular complexity index is 375. The Kier molecular flexibility index (Phi) is 3.83. The monoisotopic (exact) mass is 237 g/mol. The molecule has 4 heteroatoms. The van der Waals surface area contributed by atoms with Gasteiger partial charge in [-0.25, -0.2) is 9.78 Å². The number of carboxylic acids is 1. The van der Waals surface area contributed by atoms with E-state index in [-0.39, 0.29) is 5.69 Å². The summed E-state index contributed by atoms with van der Waals surface area (Å²) in [5.74, 6) is -0.953. The molecule has 0 bridgehead atoms. The molecular weight excluding hydrogens is 222 g/mol. The minimum atomic E-state index is -0.953. The average Bonchev–Trinajstić information content (AvgIpc) is 2.30. The molecule has 0 aliphatic heterocycles. The molecule has 86 valence electrons. The number of rotatable bonds is 3. The maximum atomic E-state index is 10.8. The van der Waals surface area contributed by atoms with E-state index in [0.717, 1.165) is 4.90 Å². The lowest BCUT2D eigenvalue weighted by molar-refractivity contribution is 0.0690. The molecule has 0 unspecified atom stereocenters. The summed E-state index contributed by atoms with van der Waals surface area (Å²) >= 11 is 1.79. The molecule has 0 amide bonds. The van der Waals surface area contributed by atoms with Crippen molar-refractivity contribution < 1.29 is 9.90 Å². The highest BCUT2D eigenvalue weighted by Gasteiger charge is 2.15. The first-order valence-corrected chi connectivity index (χ1v) is 6.49. The van der Waals surface area contributed by atoms with Crippen LogP contribution in [0, 0.1) is 0 Å². The highest BCUT2D eigenvalue weighted by Crippen LogP contribution is 2.33. The zero-order chi connectivity index (χ0) is 11.4. The van der Waals surface area contributed by atoms with Crippen molar-refractivity contribution in [2.24, 2.45) is 0 Å². The minimum Gasteiger partial charge on any atom is -0.477 e. The van der Waals surface area contributed by atoms with Gasteiger partial charge in [-0.3, -0.25) is 0 Å². The van der Waals surface area contributed by atoms with E-state index in [2.05, 4.69) is 4.98 Å². The molecule has 1 fully saturated rings. The summed E-state index contributed by atoms with van der Waals surface area (Å²) < 4.78 is 0. The van der Waals surface area contributed by atoms with Crippen LogP contribution in [0.5, 0.6) is 0 Å². The van der Waals surface area contributed by atoms with Gasteiger partial charge in [-0.1, -0.05) is 19.3 Å². The van der Waals surface area contributed by atoms with Crippen molar-refractivity contribution >= 4 is 17.7 Å². The van der Waals surface area contributed by atoms with Crippen molar-refractivity contribution in [3.63, 3.8) is 0 Å². The largest absolute Gasteiger partial charge is 0.477 e. The van der Waals surface area contributed by atoms with Gasteiger partial charge >= 0.3 is 5.97 Å². The molecule has 0 spiro atoms. The Morgan fingerprint density at radius 2 is 2.12 bits per heavy atom. The molecule has 3 nitrogen and oxygen atoms in total. The molecule has 1 aromatic heterocycles. The predicted molar refractivity (Wildman–Crippen MR) is 63.9 cm³/mol. The Balaban J connectivity index is 2.02. The molecule has 1 saturated carbocycles. The van der Waals surface area contributed by atoms with E-state index in [9.17, 15) is 4.79 Å². The number of carboxylic acid groups (broad SMARTS) is 1. The third kappa shape index (κ3) is 2.98. The molecule has 0 radical (unpaired) electrons. The molecule has 2 rings (SSSR count). The minimum absolute atomic E-state index is 0.140. The van der Waals surface area contributed by atoms with Crippen molar-refractivity contribution in [2.45, 2.75) is 42.2 Å². The Morgan fingerprint density at radius 1 is 1.38 bits per heavy atom. The summed E-state index contributed by atoms with van der Waals surface area (Å²) in [6, 6.07) is 3.56. The van der Waals surface area contributed by atoms with Gasteiger partial charge in [0.1, 0.15) is 5.69 Å². The second-order valence-corrected chi connectivity index (χ2v) is 5.43. The van der Waals surface area contributed by atoms with Gasteiger partial charge in [0.2, 0.25) is 0 Å². The van der Waals surface area contributed by atoms with Gasteiger partial charge < -0.3 is 5.11 Å². The lowest BCUT2D eigenvalue weighted by Crippen LogP contribution is -2.08. The summed E-state index contributed by atoms with van der Waals surface area (Å²) in [7, 11) is 0. The maximum absolute atomic E-state index is 10.8.